The van der Waals surface area contributed by atoms with Gasteiger partial charge in [0, 0.05) is 51.4 Å². The quantitative estimate of drug-likeness (QED) is 0.785. The van der Waals surface area contributed by atoms with E-state index >= 15 is 0 Å². The molecule has 30 heavy (non-hydrogen) atoms. The molecule has 0 unspecified atom stereocenters. The fourth-order valence-corrected chi connectivity index (χ4v) is 5.88. The Labute approximate surface area is 177 Å². The number of nitrogens with one attached hydrogen (secondary N) is 1. The lowest BCUT2D eigenvalue weighted by Crippen LogP contribution is -2.39. The van der Waals surface area contributed by atoms with Crippen LogP contribution in [-0.4, -0.2) is 83.1 Å². The van der Waals surface area contributed by atoms with Gasteiger partial charge in [0.15, 0.2) is 0 Å². The van der Waals surface area contributed by atoms with Crippen LogP contribution in [0.3, 0.4) is 0 Å². The summed E-state index contributed by atoms with van der Waals surface area (Å²) >= 11 is 0. The number of nitrogens with zero attached hydrogens (tertiary/aromatic N) is 3. The standard InChI is InChI=1S/C23H30N4O3/c1-30-18-7-9-26(10-8-18)13-19-21(16-5-3-2-4-6-16)23(19)15-27(14-20(23)28)22(29)17-11-24-25-12-17/h2-6,11-12,18-21,28H,7-10,13-15H2,1H3,(H,24,25)/t19-,20+,21-,23-/m1/s1. The Hall–Kier alpha value is -2.22. The number of aromatic amines is 1. The van der Waals surface area contributed by atoms with E-state index in [-0.39, 0.29) is 17.2 Å². The molecule has 2 aromatic rings. The zero-order valence-corrected chi connectivity index (χ0v) is 17.4. The molecule has 2 saturated heterocycles. The van der Waals surface area contributed by atoms with Crippen molar-refractivity contribution in [2.75, 3.05) is 39.8 Å². The number of aliphatic hydroxyl groups is 1. The third-order valence-corrected chi connectivity index (χ3v) is 7.55. The molecule has 3 fully saturated rings. The highest BCUT2D eigenvalue weighted by Gasteiger charge is 2.71. The lowest BCUT2D eigenvalue weighted by Gasteiger charge is -2.31. The van der Waals surface area contributed by atoms with Crippen molar-refractivity contribution in [2.24, 2.45) is 11.3 Å². The largest absolute Gasteiger partial charge is 0.391 e. The fraction of sp³-hybridized carbons (Fsp3) is 0.565. The summed E-state index contributed by atoms with van der Waals surface area (Å²) in [5.74, 6) is 0.560. The third-order valence-electron chi connectivity index (χ3n) is 7.55. The first-order chi connectivity index (χ1) is 14.6. The molecular formula is C23H30N4O3. The highest BCUT2D eigenvalue weighted by atomic mass is 16.5. The molecule has 7 heteroatoms. The molecule has 1 aromatic heterocycles. The number of amides is 1. The van der Waals surface area contributed by atoms with Crippen LogP contribution in [0.5, 0.6) is 0 Å². The van der Waals surface area contributed by atoms with Crippen LogP contribution in [0.25, 0.3) is 0 Å². The average molecular weight is 411 g/mol. The summed E-state index contributed by atoms with van der Waals surface area (Å²) in [4.78, 5) is 17.2. The minimum absolute atomic E-state index is 0.0574. The number of benzene rings is 1. The van der Waals surface area contributed by atoms with Crippen molar-refractivity contribution in [2.45, 2.75) is 31.0 Å². The van der Waals surface area contributed by atoms with Gasteiger partial charge in [0.2, 0.25) is 0 Å². The Morgan fingerprint density at radius 1 is 1.30 bits per heavy atom. The number of H-pyrrole nitrogens is 1. The summed E-state index contributed by atoms with van der Waals surface area (Å²) in [6.45, 7) is 3.99. The molecule has 1 spiro atoms. The van der Waals surface area contributed by atoms with Gasteiger partial charge < -0.3 is 19.6 Å². The van der Waals surface area contributed by atoms with Gasteiger partial charge in [-0.1, -0.05) is 30.3 Å². The topological polar surface area (TPSA) is 81.7 Å². The molecule has 160 valence electrons. The molecule has 0 radical (unpaired) electrons. The number of methoxy groups -OCH3 is 1. The molecule has 1 aromatic carbocycles. The Balaban J connectivity index is 1.36. The smallest absolute Gasteiger partial charge is 0.257 e. The maximum Gasteiger partial charge on any atom is 0.257 e. The summed E-state index contributed by atoms with van der Waals surface area (Å²) in [5, 5.41) is 17.8. The van der Waals surface area contributed by atoms with Crippen molar-refractivity contribution in [1.29, 1.82) is 0 Å². The molecule has 3 aliphatic rings. The van der Waals surface area contributed by atoms with E-state index in [2.05, 4.69) is 39.4 Å². The number of rotatable bonds is 5. The zero-order valence-electron chi connectivity index (χ0n) is 17.4. The third kappa shape index (κ3) is 3.25. The number of hydrogen-bond donors (Lipinski definition) is 2. The van der Waals surface area contributed by atoms with Crippen LogP contribution in [0.2, 0.25) is 0 Å². The van der Waals surface area contributed by atoms with Gasteiger partial charge in [-0.15, -0.1) is 0 Å². The van der Waals surface area contributed by atoms with Crippen molar-refractivity contribution in [1.82, 2.24) is 20.0 Å². The predicted molar refractivity (Wildman–Crippen MR) is 112 cm³/mol. The number of aliphatic hydroxyl groups excluding tert-OH is 1. The van der Waals surface area contributed by atoms with E-state index in [4.69, 9.17) is 4.74 Å². The van der Waals surface area contributed by atoms with E-state index in [0.29, 0.717) is 30.7 Å². The van der Waals surface area contributed by atoms with Crippen LogP contribution in [-0.2, 0) is 4.74 Å². The zero-order chi connectivity index (χ0) is 20.7. The maximum atomic E-state index is 12.9. The number of ether oxygens (including phenoxy) is 1. The summed E-state index contributed by atoms with van der Waals surface area (Å²) in [6, 6.07) is 10.5. The Bertz CT molecular complexity index is 866. The lowest BCUT2D eigenvalue weighted by molar-refractivity contribution is 0.0367. The number of aromatic nitrogens is 2. The van der Waals surface area contributed by atoms with Crippen molar-refractivity contribution < 1.29 is 14.6 Å². The second-order valence-electron chi connectivity index (χ2n) is 9.03. The first-order valence-corrected chi connectivity index (χ1v) is 10.9. The van der Waals surface area contributed by atoms with Crippen LogP contribution in [0, 0.1) is 11.3 Å². The van der Waals surface area contributed by atoms with Crippen LogP contribution >= 0.6 is 0 Å². The minimum Gasteiger partial charge on any atom is -0.391 e. The van der Waals surface area contributed by atoms with Gasteiger partial charge in [0.05, 0.1) is 24.0 Å². The van der Waals surface area contributed by atoms with Crippen molar-refractivity contribution >= 4 is 5.91 Å². The average Bonchev–Trinajstić information content (AvgIpc) is 3.10. The molecule has 7 nitrogen and oxygen atoms in total. The van der Waals surface area contributed by atoms with Crippen LogP contribution in [0.15, 0.2) is 42.7 Å². The predicted octanol–water partition coefficient (Wildman–Crippen LogP) is 1.74. The van der Waals surface area contributed by atoms with Gasteiger partial charge in [-0.25, -0.2) is 0 Å². The SMILES string of the molecule is COC1CCN(C[C@@H]2[C@@H](c3ccccc3)[C@]23CN(C(=O)c2cn[nH]c2)C[C@@H]3O)CC1. The molecule has 0 bridgehead atoms. The number of carbonyl (C=O) groups is 1. The maximum absolute atomic E-state index is 12.9. The van der Waals surface area contributed by atoms with Gasteiger partial charge >= 0.3 is 0 Å². The number of hydrogen-bond acceptors (Lipinski definition) is 5. The lowest BCUT2D eigenvalue weighted by atomic mass is 9.95. The summed E-state index contributed by atoms with van der Waals surface area (Å²) in [5.41, 5.74) is 1.55. The summed E-state index contributed by atoms with van der Waals surface area (Å²) in [6.07, 6.45) is 5.14. The molecule has 2 N–H and O–H groups in total. The fourth-order valence-electron chi connectivity index (χ4n) is 5.88. The van der Waals surface area contributed by atoms with Gasteiger partial charge in [-0.3, -0.25) is 9.89 Å². The molecule has 2 aliphatic heterocycles. The monoisotopic (exact) mass is 410 g/mol. The molecule has 1 aliphatic carbocycles. The minimum atomic E-state index is -0.514. The molecule has 5 rings (SSSR count). The Morgan fingerprint density at radius 3 is 2.73 bits per heavy atom. The van der Waals surface area contributed by atoms with E-state index < -0.39 is 6.10 Å². The summed E-state index contributed by atoms with van der Waals surface area (Å²) < 4.78 is 5.52. The molecule has 1 amide bonds. The molecule has 3 heterocycles. The van der Waals surface area contributed by atoms with Crippen molar-refractivity contribution in [3.8, 4) is 0 Å². The number of piperidine rings is 1. The van der Waals surface area contributed by atoms with Crippen molar-refractivity contribution in [3.63, 3.8) is 0 Å². The van der Waals surface area contributed by atoms with Crippen LogP contribution in [0.4, 0.5) is 0 Å². The van der Waals surface area contributed by atoms with Crippen molar-refractivity contribution in [3.05, 3.63) is 53.9 Å². The van der Waals surface area contributed by atoms with Gasteiger partial charge in [0.1, 0.15) is 0 Å². The van der Waals surface area contributed by atoms with E-state index in [1.807, 2.05) is 11.0 Å². The first kappa shape index (κ1) is 19.7. The van der Waals surface area contributed by atoms with E-state index in [1.54, 1.807) is 19.5 Å². The Morgan fingerprint density at radius 2 is 2.07 bits per heavy atom. The highest BCUT2D eigenvalue weighted by Crippen LogP contribution is 2.69. The molecular weight excluding hydrogens is 380 g/mol. The first-order valence-electron chi connectivity index (χ1n) is 10.9. The molecule has 4 atom stereocenters. The number of β-amino-alcohol motifs (C(OH)–C–C–N with tert-alkyl or cyclic N) is 1. The molecule has 1 saturated carbocycles. The summed E-state index contributed by atoms with van der Waals surface area (Å²) in [7, 11) is 1.79. The van der Waals surface area contributed by atoms with Gasteiger partial charge in [-0.2, -0.15) is 5.10 Å². The highest BCUT2D eigenvalue weighted by molar-refractivity contribution is 5.94. The van der Waals surface area contributed by atoms with E-state index in [1.165, 1.54) is 5.56 Å². The van der Waals surface area contributed by atoms with E-state index in [0.717, 1.165) is 32.5 Å². The second kappa shape index (κ2) is 7.80. The Kier molecular flexibility index (Phi) is 5.13. The van der Waals surface area contributed by atoms with Gasteiger partial charge in [-0.05, 0) is 30.2 Å². The number of carbonyl (C=O) groups excluding carboxylic acids is 1. The number of likely N-dealkylation sites (tertiary alicyclic amines) is 2. The van der Waals surface area contributed by atoms with E-state index in [9.17, 15) is 9.90 Å². The van der Waals surface area contributed by atoms with Crippen LogP contribution in [0.1, 0.15) is 34.7 Å². The van der Waals surface area contributed by atoms with Crippen LogP contribution < -0.4 is 0 Å². The van der Waals surface area contributed by atoms with Gasteiger partial charge in [0.25, 0.3) is 5.91 Å². The normalized spacial score (nSPS) is 32.1. The second-order valence-corrected chi connectivity index (χ2v) is 9.03.